The number of carboxylic acids is 2. The van der Waals surface area contributed by atoms with Gasteiger partial charge in [0.05, 0.1) is 12.8 Å². The zero-order chi connectivity index (χ0) is 12.8. The first-order valence-electron chi connectivity index (χ1n) is 4.62. The summed E-state index contributed by atoms with van der Waals surface area (Å²) in [5.41, 5.74) is -0.272. The topological polar surface area (TPSA) is 95.9 Å². The molecule has 0 aromatic heterocycles. The Morgan fingerprint density at radius 2 is 1.82 bits per heavy atom. The second-order valence-electron chi connectivity index (χ2n) is 3.01. The van der Waals surface area contributed by atoms with E-state index >= 15 is 0 Å². The molecule has 0 radical (unpaired) electrons. The fraction of sp³-hybridized carbons (Fsp3) is 0.0909. The van der Waals surface area contributed by atoms with E-state index in [4.69, 9.17) is 14.9 Å². The summed E-state index contributed by atoms with van der Waals surface area (Å²) in [5, 5.41) is 19.8. The van der Waals surface area contributed by atoms with Crippen LogP contribution in [0.15, 0.2) is 36.0 Å². The number of hydrogen-bond donors (Lipinski definition) is 3. The zero-order valence-electron chi connectivity index (χ0n) is 9.01. The highest BCUT2D eigenvalue weighted by Crippen LogP contribution is 2.23. The molecule has 90 valence electrons. The van der Waals surface area contributed by atoms with Crippen molar-refractivity contribution in [1.29, 1.82) is 0 Å². The smallest absolute Gasteiger partial charge is 0.344 e. The molecule has 0 aliphatic rings. The summed E-state index contributed by atoms with van der Waals surface area (Å²) < 4.78 is 5.01. The van der Waals surface area contributed by atoms with Crippen LogP contribution in [0.25, 0.3) is 0 Å². The van der Waals surface area contributed by atoms with Crippen LogP contribution in [-0.4, -0.2) is 29.3 Å². The lowest BCUT2D eigenvalue weighted by molar-refractivity contribution is -0.140. The average Bonchev–Trinajstić information content (AvgIpc) is 2.29. The second kappa shape index (κ2) is 5.55. The molecule has 17 heavy (non-hydrogen) atoms. The quantitative estimate of drug-likeness (QED) is 0.404. The molecule has 0 amide bonds. The summed E-state index contributed by atoms with van der Waals surface area (Å²) >= 11 is 0. The van der Waals surface area contributed by atoms with E-state index < -0.39 is 17.5 Å². The van der Waals surface area contributed by atoms with E-state index in [1.807, 2.05) is 0 Å². The minimum atomic E-state index is -1.51. The van der Waals surface area contributed by atoms with Gasteiger partial charge in [-0.2, -0.15) is 0 Å². The van der Waals surface area contributed by atoms with Crippen LogP contribution in [0.4, 0.5) is 5.69 Å². The molecule has 0 spiro atoms. The summed E-state index contributed by atoms with van der Waals surface area (Å²) in [5.74, 6) is -2.54. The molecule has 0 heterocycles. The Kier molecular flexibility index (Phi) is 4.10. The first-order chi connectivity index (χ1) is 8.06. The van der Waals surface area contributed by atoms with Crippen molar-refractivity contribution in [3.8, 4) is 5.75 Å². The van der Waals surface area contributed by atoms with E-state index in [2.05, 4.69) is 5.32 Å². The van der Waals surface area contributed by atoms with Gasteiger partial charge in [-0.1, -0.05) is 12.1 Å². The zero-order valence-corrected chi connectivity index (χ0v) is 9.01. The molecule has 1 aromatic rings. The molecule has 0 fully saturated rings. The van der Waals surface area contributed by atoms with Crippen LogP contribution in [-0.2, 0) is 9.59 Å². The van der Waals surface area contributed by atoms with E-state index in [1.54, 1.807) is 24.3 Å². The monoisotopic (exact) mass is 237 g/mol. The molecule has 0 aliphatic heterocycles. The van der Waals surface area contributed by atoms with Crippen LogP contribution in [0.5, 0.6) is 5.75 Å². The fourth-order valence-electron chi connectivity index (χ4n) is 1.13. The number of ether oxygens (including phenoxy) is 1. The molecule has 0 bridgehead atoms. The third kappa shape index (κ3) is 3.23. The van der Waals surface area contributed by atoms with Gasteiger partial charge < -0.3 is 20.3 Å². The van der Waals surface area contributed by atoms with Crippen molar-refractivity contribution >= 4 is 17.6 Å². The molecule has 0 unspecified atom stereocenters. The molecular weight excluding hydrogens is 226 g/mol. The Balaban J connectivity index is 2.94. The predicted octanol–water partition coefficient (Wildman–Crippen LogP) is 1.16. The molecule has 0 atom stereocenters. The normalized spacial score (nSPS) is 9.24. The Bertz CT molecular complexity index is 451. The Hall–Kier alpha value is -2.50. The minimum Gasteiger partial charge on any atom is -0.495 e. The molecular formula is C11H11NO5. The third-order valence-electron chi connectivity index (χ3n) is 1.94. The van der Waals surface area contributed by atoms with Gasteiger partial charge in [0.15, 0.2) is 5.57 Å². The van der Waals surface area contributed by atoms with Crippen LogP contribution in [0.3, 0.4) is 0 Å². The number of hydrogen-bond acceptors (Lipinski definition) is 4. The lowest BCUT2D eigenvalue weighted by Gasteiger charge is -2.07. The van der Waals surface area contributed by atoms with Gasteiger partial charge in [0.2, 0.25) is 0 Å². The molecule has 0 saturated heterocycles. The molecule has 1 aromatic carbocycles. The number of para-hydroxylation sites is 2. The maximum absolute atomic E-state index is 10.6. The van der Waals surface area contributed by atoms with E-state index in [9.17, 15) is 9.59 Å². The number of aliphatic carboxylic acids is 2. The number of methoxy groups -OCH3 is 1. The van der Waals surface area contributed by atoms with Crippen molar-refractivity contribution in [3.63, 3.8) is 0 Å². The first-order valence-corrected chi connectivity index (χ1v) is 4.62. The Morgan fingerprint density at radius 3 is 2.35 bits per heavy atom. The van der Waals surface area contributed by atoms with Crippen LogP contribution in [0, 0.1) is 0 Å². The second-order valence-corrected chi connectivity index (χ2v) is 3.01. The number of nitrogens with one attached hydrogen (secondary N) is 1. The van der Waals surface area contributed by atoms with Gasteiger partial charge in [0.1, 0.15) is 5.75 Å². The summed E-state index contributed by atoms with van der Waals surface area (Å²) in [6, 6.07) is 6.75. The molecule has 0 aliphatic carbocycles. The van der Waals surface area contributed by atoms with E-state index in [0.717, 1.165) is 6.20 Å². The summed E-state index contributed by atoms with van der Waals surface area (Å²) in [6.07, 6.45) is 0.905. The van der Waals surface area contributed by atoms with Gasteiger partial charge in [-0.05, 0) is 12.1 Å². The standard InChI is InChI=1S/C11H11NO5/c1-17-9-5-3-2-4-8(9)12-6-7(10(13)14)11(15)16/h2-6,12H,1H3,(H,13,14)(H,15,16). The number of anilines is 1. The summed E-state index contributed by atoms with van der Waals surface area (Å²) in [6.45, 7) is 0. The van der Waals surface area contributed by atoms with Crippen molar-refractivity contribution in [3.05, 3.63) is 36.0 Å². The number of carboxylic acid groups (broad SMARTS) is 2. The van der Waals surface area contributed by atoms with Gasteiger partial charge in [0, 0.05) is 6.20 Å². The lowest BCUT2D eigenvalue weighted by Crippen LogP contribution is -2.13. The Morgan fingerprint density at radius 1 is 1.24 bits per heavy atom. The van der Waals surface area contributed by atoms with Crippen molar-refractivity contribution < 1.29 is 24.5 Å². The van der Waals surface area contributed by atoms with E-state index in [1.165, 1.54) is 7.11 Å². The van der Waals surface area contributed by atoms with E-state index in [-0.39, 0.29) is 0 Å². The Labute approximate surface area is 97.1 Å². The average molecular weight is 237 g/mol. The molecule has 6 nitrogen and oxygen atoms in total. The highest BCUT2D eigenvalue weighted by Gasteiger charge is 2.15. The van der Waals surface area contributed by atoms with Gasteiger partial charge in [-0.3, -0.25) is 0 Å². The third-order valence-corrected chi connectivity index (χ3v) is 1.94. The fourth-order valence-corrected chi connectivity index (χ4v) is 1.13. The molecule has 1 rings (SSSR count). The highest BCUT2D eigenvalue weighted by molar-refractivity contribution is 6.12. The van der Waals surface area contributed by atoms with Gasteiger partial charge >= 0.3 is 11.9 Å². The van der Waals surface area contributed by atoms with Gasteiger partial charge in [-0.15, -0.1) is 0 Å². The SMILES string of the molecule is COc1ccccc1NC=C(C(=O)O)C(=O)O. The predicted molar refractivity (Wildman–Crippen MR) is 60.0 cm³/mol. The van der Waals surface area contributed by atoms with Crippen LogP contribution >= 0.6 is 0 Å². The van der Waals surface area contributed by atoms with Crippen molar-refractivity contribution in [2.75, 3.05) is 12.4 Å². The maximum atomic E-state index is 10.6. The van der Waals surface area contributed by atoms with Crippen molar-refractivity contribution in [1.82, 2.24) is 0 Å². The summed E-state index contributed by atoms with van der Waals surface area (Å²) in [7, 11) is 1.46. The number of rotatable bonds is 5. The maximum Gasteiger partial charge on any atom is 0.344 e. The van der Waals surface area contributed by atoms with Crippen LogP contribution < -0.4 is 10.1 Å². The molecule has 6 heteroatoms. The first kappa shape index (κ1) is 12.6. The number of carbonyl (C=O) groups is 2. The van der Waals surface area contributed by atoms with Gasteiger partial charge in [0.25, 0.3) is 0 Å². The lowest BCUT2D eigenvalue weighted by atomic mass is 10.2. The summed E-state index contributed by atoms with van der Waals surface area (Å²) in [4.78, 5) is 21.2. The van der Waals surface area contributed by atoms with Crippen LogP contribution in [0.2, 0.25) is 0 Å². The highest BCUT2D eigenvalue weighted by atomic mass is 16.5. The van der Waals surface area contributed by atoms with Crippen molar-refractivity contribution in [2.24, 2.45) is 0 Å². The molecule has 0 saturated carbocycles. The number of benzene rings is 1. The minimum absolute atomic E-state index is 0.481. The van der Waals surface area contributed by atoms with E-state index in [0.29, 0.717) is 11.4 Å². The van der Waals surface area contributed by atoms with Crippen molar-refractivity contribution in [2.45, 2.75) is 0 Å². The van der Waals surface area contributed by atoms with Crippen LogP contribution in [0.1, 0.15) is 0 Å². The largest absolute Gasteiger partial charge is 0.495 e. The molecule has 3 N–H and O–H groups in total. The van der Waals surface area contributed by atoms with Gasteiger partial charge in [-0.25, -0.2) is 9.59 Å².